The Bertz CT molecular complexity index is 394. The van der Waals surface area contributed by atoms with Crippen LogP contribution in [0.1, 0.15) is 32.3 Å². The summed E-state index contributed by atoms with van der Waals surface area (Å²) in [5, 5.41) is 0. The van der Waals surface area contributed by atoms with Gasteiger partial charge in [0.25, 0.3) is 0 Å². The first kappa shape index (κ1) is 16.2. The summed E-state index contributed by atoms with van der Waals surface area (Å²) >= 11 is 0. The Hall–Kier alpha value is -0.853. The van der Waals surface area contributed by atoms with Crippen molar-refractivity contribution in [3.63, 3.8) is 0 Å². The molecule has 0 aromatic heterocycles. The van der Waals surface area contributed by atoms with Crippen LogP contribution in [0, 0.1) is 17.5 Å². The van der Waals surface area contributed by atoms with Crippen LogP contribution >= 0.6 is 0 Å². The topological polar surface area (TPSA) is 18.5 Å². The summed E-state index contributed by atoms with van der Waals surface area (Å²) in [5.41, 5.74) is 0.0972. The maximum Gasteiger partial charge on any atom is 0.389 e. The van der Waals surface area contributed by atoms with Gasteiger partial charge in [-0.25, -0.2) is 13.2 Å². The zero-order valence-electron chi connectivity index (χ0n) is 11.1. The number of rotatable bonds is 8. The zero-order chi connectivity index (χ0) is 14.3. The second kappa shape index (κ2) is 8.34. The van der Waals surface area contributed by atoms with Gasteiger partial charge >= 0.3 is 9.28 Å². The lowest BCUT2D eigenvalue weighted by molar-refractivity contribution is 0.195. The van der Waals surface area contributed by atoms with Gasteiger partial charge in [-0.05, 0) is 24.5 Å². The molecular weight excluding hydrogens is 273 g/mol. The van der Waals surface area contributed by atoms with Crippen LogP contribution in [0.2, 0.25) is 0 Å². The molecule has 1 rings (SSSR count). The summed E-state index contributed by atoms with van der Waals surface area (Å²) in [7, 11) is -1.70. The van der Waals surface area contributed by atoms with Crippen molar-refractivity contribution in [1.82, 2.24) is 0 Å². The van der Waals surface area contributed by atoms with Gasteiger partial charge in [-0.1, -0.05) is 13.8 Å². The molecule has 0 N–H and O–H groups in total. The summed E-state index contributed by atoms with van der Waals surface area (Å²) in [4.78, 5) is 0. The van der Waals surface area contributed by atoms with Gasteiger partial charge < -0.3 is 8.85 Å². The first-order chi connectivity index (χ1) is 9.08. The van der Waals surface area contributed by atoms with Crippen molar-refractivity contribution in [3.8, 4) is 0 Å². The van der Waals surface area contributed by atoms with Crippen molar-refractivity contribution in [2.24, 2.45) is 0 Å². The highest BCUT2D eigenvalue weighted by Gasteiger charge is 2.20. The average Bonchev–Trinajstić information content (AvgIpc) is 2.38. The molecule has 1 aromatic rings. The maximum absolute atomic E-state index is 13.5. The number of hydrogen-bond acceptors (Lipinski definition) is 2. The van der Waals surface area contributed by atoms with Crippen LogP contribution in [-0.4, -0.2) is 22.5 Å². The van der Waals surface area contributed by atoms with Gasteiger partial charge in [0, 0.05) is 25.3 Å². The normalized spacial score (nSPS) is 11.3. The minimum atomic E-state index is -1.70. The zero-order valence-corrected chi connectivity index (χ0v) is 12.1. The van der Waals surface area contributed by atoms with E-state index in [-0.39, 0.29) is 11.6 Å². The summed E-state index contributed by atoms with van der Waals surface area (Å²) < 4.78 is 50.5. The number of halogens is 3. The van der Waals surface area contributed by atoms with Crippen LogP contribution < -0.4 is 0 Å². The second-order valence-corrected chi connectivity index (χ2v) is 5.78. The molecule has 0 saturated heterocycles. The van der Waals surface area contributed by atoms with Crippen LogP contribution in [0.5, 0.6) is 0 Å². The molecule has 0 unspecified atom stereocenters. The molecule has 0 spiro atoms. The Kier molecular flexibility index (Phi) is 7.12. The quantitative estimate of drug-likeness (QED) is 0.539. The molecule has 19 heavy (non-hydrogen) atoms. The summed E-state index contributed by atoms with van der Waals surface area (Å²) in [6.07, 6.45) is 1.65. The van der Waals surface area contributed by atoms with Crippen molar-refractivity contribution in [3.05, 3.63) is 35.1 Å². The molecule has 2 nitrogen and oxygen atoms in total. The third-order valence-corrected chi connectivity index (χ3v) is 4.08. The molecule has 0 fully saturated rings. The molecule has 6 heteroatoms. The van der Waals surface area contributed by atoms with E-state index in [4.69, 9.17) is 8.85 Å². The Morgan fingerprint density at radius 1 is 0.895 bits per heavy atom. The molecule has 0 aliphatic heterocycles. The van der Waals surface area contributed by atoms with Crippen molar-refractivity contribution < 1.29 is 22.0 Å². The largest absolute Gasteiger partial charge is 0.393 e. The molecule has 0 amide bonds. The highest BCUT2D eigenvalue weighted by Crippen LogP contribution is 2.16. The van der Waals surface area contributed by atoms with Crippen molar-refractivity contribution in [1.29, 1.82) is 0 Å². The molecule has 0 bridgehead atoms. The SMILES string of the molecule is CCCO[Si](Cc1cc(F)c(F)cc1F)OCCC. The predicted octanol–water partition coefficient (Wildman–Crippen LogP) is 3.53. The van der Waals surface area contributed by atoms with Crippen LogP contribution in [0.25, 0.3) is 0 Å². The van der Waals surface area contributed by atoms with Crippen LogP contribution in [0.15, 0.2) is 12.1 Å². The van der Waals surface area contributed by atoms with Crippen molar-refractivity contribution in [2.75, 3.05) is 13.2 Å². The third-order valence-electron chi connectivity index (χ3n) is 2.36. The molecule has 0 aliphatic rings. The summed E-state index contributed by atoms with van der Waals surface area (Å²) in [5.74, 6) is -3.00. The lowest BCUT2D eigenvalue weighted by atomic mass is 10.2. The predicted molar refractivity (Wildman–Crippen MR) is 68.3 cm³/mol. The molecule has 1 radical (unpaired) electrons. The Labute approximate surface area is 113 Å². The van der Waals surface area contributed by atoms with E-state index >= 15 is 0 Å². The minimum Gasteiger partial charge on any atom is -0.393 e. The van der Waals surface area contributed by atoms with Gasteiger partial charge in [0.1, 0.15) is 5.82 Å². The first-order valence-electron chi connectivity index (χ1n) is 6.33. The van der Waals surface area contributed by atoms with Gasteiger partial charge in [0.05, 0.1) is 0 Å². The fourth-order valence-electron chi connectivity index (χ4n) is 1.43. The highest BCUT2D eigenvalue weighted by molar-refractivity contribution is 6.43. The summed E-state index contributed by atoms with van der Waals surface area (Å²) in [6, 6.07) is 1.59. The van der Waals surface area contributed by atoms with Gasteiger partial charge in [-0.15, -0.1) is 0 Å². The maximum atomic E-state index is 13.5. The Morgan fingerprint density at radius 2 is 1.42 bits per heavy atom. The van der Waals surface area contributed by atoms with Crippen LogP contribution in [-0.2, 0) is 14.9 Å². The standard InChI is InChI=1S/C13H18F3O2Si/c1-3-5-17-19(18-6-4-2)9-10-7-12(15)13(16)8-11(10)14/h7-8H,3-6,9H2,1-2H3. The molecule has 0 heterocycles. The second-order valence-electron chi connectivity index (χ2n) is 4.10. The van der Waals surface area contributed by atoms with E-state index in [0.29, 0.717) is 19.3 Å². The monoisotopic (exact) mass is 291 g/mol. The van der Waals surface area contributed by atoms with Gasteiger partial charge in [-0.3, -0.25) is 0 Å². The smallest absolute Gasteiger partial charge is 0.389 e. The molecule has 0 atom stereocenters. The molecule has 0 saturated carbocycles. The van der Waals surface area contributed by atoms with E-state index < -0.39 is 26.7 Å². The molecule has 0 aliphatic carbocycles. The third kappa shape index (κ3) is 5.34. The Morgan fingerprint density at radius 3 is 1.95 bits per heavy atom. The van der Waals surface area contributed by atoms with E-state index in [1.807, 2.05) is 13.8 Å². The minimum absolute atomic E-state index is 0.0972. The number of benzene rings is 1. The summed E-state index contributed by atoms with van der Waals surface area (Å²) in [6.45, 7) is 4.95. The highest BCUT2D eigenvalue weighted by atomic mass is 28.3. The number of hydrogen-bond donors (Lipinski definition) is 0. The van der Waals surface area contributed by atoms with E-state index in [9.17, 15) is 13.2 Å². The Balaban J connectivity index is 2.74. The van der Waals surface area contributed by atoms with Crippen LogP contribution in [0.3, 0.4) is 0 Å². The van der Waals surface area contributed by atoms with Gasteiger partial charge in [-0.2, -0.15) is 0 Å². The molecule has 107 valence electrons. The average molecular weight is 291 g/mol. The lowest BCUT2D eigenvalue weighted by Crippen LogP contribution is -2.27. The van der Waals surface area contributed by atoms with Crippen molar-refractivity contribution >= 4 is 9.28 Å². The van der Waals surface area contributed by atoms with Gasteiger partial charge in [0.15, 0.2) is 11.6 Å². The lowest BCUT2D eigenvalue weighted by Gasteiger charge is -2.15. The first-order valence-corrected chi connectivity index (χ1v) is 7.85. The van der Waals surface area contributed by atoms with E-state index in [1.165, 1.54) is 0 Å². The molecule has 1 aromatic carbocycles. The van der Waals surface area contributed by atoms with Crippen LogP contribution in [0.4, 0.5) is 13.2 Å². The van der Waals surface area contributed by atoms with Gasteiger partial charge in [0.2, 0.25) is 0 Å². The van der Waals surface area contributed by atoms with Crippen molar-refractivity contribution in [2.45, 2.75) is 32.7 Å². The molecular formula is C13H18F3O2Si. The van der Waals surface area contributed by atoms with E-state index in [0.717, 1.165) is 18.9 Å². The fraction of sp³-hybridized carbons (Fsp3) is 0.538. The van der Waals surface area contributed by atoms with E-state index in [2.05, 4.69) is 0 Å². The van der Waals surface area contributed by atoms with E-state index in [1.54, 1.807) is 0 Å². The fourth-order valence-corrected chi connectivity index (χ4v) is 3.16.